The Hall–Kier alpha value is -0.870. The normalized spacial score (nSPS) is 25.1. The summed E-state index contributed by atoms with van der Waals surface area (Å²) in [6.07, 6.45) is 7.34. The average Bonchev–Trinajstić information content (AvgIpc) is 3.10. The molecular weight excluding hydrogens is 282 g/mol. The molecule has 2 heterocycles. The maximum Gasteiger partial charge on any atom is 0.255 e. The largest absolute Gasteiger partial charge is 0.396 e. The van der Waals surface area contributed by atoms with Crippen LogP contribution in [-0.4, -0.2) is 35.1 Å². The van der Waals surface area contributed by atoms with E-state index in [2.05, 4.69) is 17.2 Å². The molecule has 1 N–H and O–H groups in total. The topological polar surface area (TPSA) is 40.5 Å². The maximum atomic E-state index is 12.9. The third-order valence-corrected chi connectivity index (χ3v) is 6.02. The lowest BCUT2D eigenvalue weighted by atomic mass is 9.88. The zero-order chi connectivity index (χ0) is 14.8. The van der Waals surface area contributed by atoms with E-state index in [1.807, 2.05) is 0 Å². The molecule has 2 aliphatic rings. The first-order chi connectivity index (χ1) is 10.2. The fourth-order valence-corrected chi connectivity index (χ4v) is 4.98. The molecule has 3 nitrogen and oxygen atoms in total. The van der Waals surface area contributed by atoms with Gasteiger partial charge < -0.3 is 10.0 Å². The van der Waals surface area contributed by atoms with Crippen molar-refractivity contribution in [1.82, 2.24) is 4.90 Å². The van der Waals surface area contributed by atoms with Crippen LogP contribution in [0.3, 0.4) is 0 Å². The zero-order valence-electron chi connectivity index (χ0n) is 12.8. The molecule has 3 rings (SSSR count). The summed E-state index contributed by atoms with van der Waals surface area (Å²) in [5.74, 6) is 0.991. The molecule has 116 valence electrons. The summed E-state index contributed by atoms with van der Waals surface area (Å²) < 4.78 is 0. The lowest BCUT2D eigenvalue weighted by molar-refractivity contribution is 0.0723. The molecule has 1 amide bonds. The van der Waals surface area contributed by atoms with Crippen LogP contribution in [0.1, 0.15) is 59.8 Å². The van der Waals surface area contributed by atoms with Crippen LogP contribution in [0.2, 0.25) is 0 Å². The smallest absolute Gasteiger partial charge is 0.255 e. The van der Waals surface area contributed by atoms with Gasteiger partial charge in [0.25, 0.3) is 5.91 Å². The number of aliphatic hydroxyl groups excluding tert-OH is 1. The molecule has 2 atom stereocenters. The number of nitrogens with zero attached hydrogens (tertiary/aromatic N) is 1. The van der Waals surface area contributed by atoms with Gasteiger partial charge in [0.15, 0.2) is 0 Å². The van der Waals surface area contributed by atoms with Crippen molar-refractivity contribution >= 4 is 17.2 Å². The van der Waals surface area contributed by atoms with Gasteiger partial charge in [0.2, 0.25) is 0 Å². The summed E-state index contributed by atoms with van der Waals surface area (Å²) >= 11 is 1.77. The highest BCUT2D eigenvalue weighted by molar-refractivity contribution is 7.10. The van der Waals surface area contributed by atoms with Gasteiger partial charge in [-0.25, -0.2) is 0 Å². The van der Waals surface area contributed by atoms with Crippen LogP contribution in [0, 0.1) is 5.92 Å². The Kier molecular flexibility index (Phi) is 4.65. The third kappa shape index (κ3) is 3.02. The van der Waals surface area contributed by atoms with Gasteiger partial charge in [0.1, 0.15) is 0 Å². The van der Waals surface area contributed by atoms with Crippen molar-refractivity contribution in [3.05, 3.63) is 21.4 Å². The summed E-state index contributed by atoms with van der Waals surface area (Å²) in [4.78, 5) is 16.4. The van der Waals surface area contributed by atoms with Crippen molar-refractivity contribution in [2.45, 2.75) is 57.9 Å². The van der Waals surface area contributed by atoms with E-state index in [0.717, 1.165) is 56.6 Å². The Bertz CT molecular complexity index is 511. The van der Waals surface area contributed by atoms with Crippen LogP contribution in [-0.2, 0) is 12.8 Å². The van der Waals surface area contributed by atoms with Crippen molar-refractivity contribution in [2.24, 2.45) is 5.92 Å². The molecule has 1 aliphatic carbocycles. The number of hydrogen-bond donors (Lipinski definition) is 1. The highest BCUT2D eigenvalue weighted by atomic mass is 32.1. The molecule has 1 saturated heterocycles. The Morgan fingerprint density at radius 2 is 2.33 bits per heavy atom. The van der Waals surface area contributed by atoms with Crippen LogP contribution < -0.4 is 0 Å². The molecule has 1 aromatic heterocycles. The van der Waals surface area contributed by atoms with Gasteiger partial charge in [-0.15, -0.1) is 11.3 Å². The monoisotopic (exact) mass is 307 g/mol. The fraction of sp³-hybridized carbons (Fsp3) is 0.706. The molecule has 21 heavy (non-hydrogen) atoms. The van der Waals surface area contributed by atoms with Gasteiger partial charge in [0, 0.05) is 29.5 Å². The molecule has 0 saturated carbocycles. The van der Waals surface area contributed by atoms with E-state index >= 15 is 0 Å². The second kappa shape index (κ2) is 6.49. The van der Waals surface area contributed by atoms with Gasteiger partial charge in [-0.05, 0) is 56.4 Å². The van der Waals surface area contributed by atoms with Crippen LogP contribution >= 0.6 is 11.3 Å². The summed E-state index contributed by atoms with van der Waals surface area (Å²) in [7, 11) is 0. The molecule has 0 radical (unpaired) electrons. The number of fused-ring (bicyclic) bond motifs is 1. The van der Waals surface area contributed by atoms with E-state index in [0.29, 0.717) is 6.04 Å². The molecule has 4 heteroatoms. The predicted molar refractivity (Wildman–Crippen MR) is 85.9 cm³/mol. The van der Waals surface area contributed by atoms with Crippen molar-refractivity contribution in [3.8, 4) is 0 Å². The first kappa shape index (κ1) is 15.0. The lowest BCUT2D eigenvalue weighted by Gasteiger charge is -2.26. The molecule has 0 aromatic carbocycles. The Morgan fingerprint density at radius 1 is 1.48 bits per heavy atom. The number of amides is 1. The standard InChI is InChI=1S/C17H25NO2S/c1-12-6-7-14-15(11-21-16(14)10-12)17(20)18-8-2-4-13(18)5-3-9-19/h11-13,19H,2-10H2,1H3. The molecule has 1 aliphatic heterocycles. The Labute approximate surface area is 131 Å². The summed E-state index contributed by atoms with van der Waals surface area (Å²) in [6, 6.07) is 0.336. The van der Waals surface area contributed by atoms with E-state index in [1.54, 1.807) is 11.3 Å². The third-order valence-electron chi connectivity index (χ3n) is 4.97. The van der Waals surface area contributed by atoms with Crippen molar-refractivity contribution in [2.75, 3.05) is 13.2 Å². The highest BCUT2D eigenvalue weighted by Crippen LogP contribution is 2.34. The second-order valence-electron chi connectivity index (χ2n) is 6.56. The Morgan fingerprint density at radius 3 is 3.14 bits per heavy atom. The number of likely N-dealkylation sites (tertiary alicyclic amines) is 1. The van der Waals surface area contributed by atoms with Gasteiger partial charge in [-0.2, -0.15) is 0 Å². The van der Waals surface area contributed by atoms with E-state index in [-0.39, 0.29) is 12.5 Å². The maximum absolute atomic E-state index is 12.9. The van der Waals surface area contributed by atoms with Crippen LogP contribution in [0.15, 0.2) is 5.38 Å². The van der Waals surface area contributed by atoms with E-state index in [4.69, 9.17) is 5.11 Å². The number of thiophene rings is 1. The van der Waals surface area contributed by atoms with E-state index in [1.165, 1.54) is 16.9 Å². The Balaban J connectivity index is 1.76. The van der Waals surface area contributed by atoms with Crippen LogP contribution in [0.4, 0.5) is 0 Å². The summed E-state index contributed by atoms with van der Waals surface area (Å²) in [6.45, 7) is 3.41. The fourth-order valence-electron chi connectivity index (χ4n) is 3.74. The highest BCUT2D eigenvalue weighted by Gasteiger charge is 2.32. The number of rotatable bonds is 4. The van der Waals surface area contributed by atoms with E-state index in [9.17, 15) is 4.79 Å². The average molecular weight is 307 g/mol. The SMILES string of the molecule is CC1CCc2c(C(=O)N3CCCC3CCCO)csc2C1. The summed E-state index contributed by atoms with van der Waals surface area (Å²) in [5, 5.41) is 11.1. The molecule has 1 aromatic rings. The van der Waals surface area contributed by atoms with Crippen molar-refractivity contribution in [1.29, 1.82) is 0 Å². The zero-order valence-corrected chi connectivity index (χ0v) is 13.6. The van der Waals surface area contributed by atoms with Gasteiger partial charge >= 0.3 is 0 Å². The quantitative estimate of drug-likeness (QED) is 0.927. The molecule has 1 fully saturated rings. The number of hydrogen-bond acceptors (Lipinski definition) is 3. The summed E-state index contributed by atoms with van der Waals surface area (Å²) in [5.41, 5.74) is 2.30. The molecule has 2 unspecified atom stereocenters. The minimum atomic E-state index is 0.226. The van der Waals surface area contributed by atoms with Crippen LogP contribution in [0.5, 0.6) is 0 Å². The van der Waals surface area contributed by atoms with Gasteiger partial charge in [-0.1, -0.05) is 6.92 Å². The molecule has 0 bridgehead atoms. The minimum absolute atomic E-state index is 0.226. The number of aliphatic hydroxyl groups is 1. The first-order valence-corrected chi connectivity index (χ1v) is 9.09. The minimum Gasteiger partial charge on any atom is -0.396 e. The van der Waals surface area contributed by atoms with Crippen molar-refractivity contribution in [3.63, 3.8) is 0 Å². The number of carbonyl (C=O) groups excluding carboxylic acids is 1. The van der Waals surface area contributed by atoms with Crippen molar-refractivity contribution < 1.29 is 9.90 Å². The molecule has 0 spiro atoms. The van der Waals surface area contributed by atoms with Gasteiger partial charge in [-0.3, -0.25) is 4.79 Å². The van der Waals surface area contributed by atoms with Crippen LogP contribution in [0.25, 0.3) is 0 Å². The number of carbonyl (C=O) groups is 1. The lowest BCUT2D eigenvalue weighted by Crippen LogP contribution is -2.36. The van der Waals surface area contributed by atoms with Gasteiger partial charge in [0.05, 0.1) is 5.56 Å². The first-order valence-electron chi connectivity index (χ1n) is 8.21. The molecular formula is C17H25NO2S. The van der Waals surface area contributed by atoms with E-state index < -0.39 is 0 Å². The predicted octanol–water partition coefficient (Wildman–Crippen LogP) is 3.25. The second-order valence-corrected chi connectivity index (χ2v) is 7.52.